The van der Waals surface area contributed by atoms with E-state index in [1.807, 2.05) is 18.2 Å². The van der Waals surface area contributed by atoms with Gasteiger partial charge in [-0.15, -0.1) is 11.3 Å². The van der Waals surface area contributed by atoms with Crippen LogP contribution >= 0.6 is 27.3 Å². The largest absolute Gasteiger partial charge is 0.244 e. The number of halogens is 1. The van der Waals surface area contributed by atoms with Gasteiger partial charge >= 0.3 is 0 Å². The van der Waals surface area contributed by atoms with Gasteiger partial charge in [0.05, 0.1) is 5.56 Å². The minimum absolute atomic E-state index is 0.569. The molecule has 0 saturated carbocycles. The monoisotopic (exact) mass is 314 g/mol. The van der Waals surface area contributed by atoms with Crippen molar-refractivity contribution < 1.29 is 0 Å². The maximum Gasteiger partial charge on any atom is 0.125 e. The average molecular weight is 315 g/mol. The van der Waals surface area contributed by atoms with Crippen molar-refractivity contribution in [1.29, 1.82) is 5.26 Å². The lowest BCUT2D eigenvalue weighted by atomic mass is 10.1. The third-order valence-electron chi connectivity index (χ3n) is 2.68. The second kappa shape index (κ2) is 4.52. The van der Waals surface area contributed by atoms with Crippen molar-refractivity contribution in [3.8, 4) is 16.5 Å². The quantitative estimate of drug-likeness (QED) is 0.658. The van der Waals surface area contributed by atoms with Crippen LogP contribution in [0.25, 0.3) is 20.7 Å². The van der Waals surface area contributed by atoms with Gasteiger partial charge in [0, 0.05) is 20.9 Å². The summed E-state index contributed by atoms with van der Waals surface area (Å²) in [6.45, 7) is 0. The highest BCUT2D eigenvalue weighted by molar-refractivity contribution is 9.10. The molecule has 0 fully saturated rings. The van der Waals surface area contributed by atoms with Crippen molar-refractivity contribution in [1.82, 2.24) is 4.98 Å². The van der Waals surface area contributed by atoms with Gasteiger partial charge in [-0.25, -0.2) is 4.98 Å². The van der Waals surface area contributed by atoms with E-state index in [0.29, 0.717) is 5.56 Å². The second-order valence-corrected chi connectivity index (χ2v) is 5.62. The lowest BCUT2D eigenvalue weighted by Crippen LogP contribution is -1.80. The molecule has 2 aromatic heterocycles. The van der Waals surface area contributed by atoms with Gasteiger partial charge in [0.2, 0.25) is 0 Å². The number of hydrogen-bond acceptors (Lipinski definition) is 3. The number of aromatic nitrogens is 1. The Morgan fingerprint density at radius 1 is 1.22 bits per heavy atom. The fraction of sp³-hybridized carbons (Fsp3) is 0. The van der Waals surface area contributed by atoms with Crippen LogP contribution in [0.15, 0.2) is 47.1 Å². The van der Waals surface area contributed by atoms with E-state index in [0.717, 1.165) is 19.6 Å². The molecule has 0 unspecified atom stereocenters. The molecule has 0 saturated heterocycles. The van der Waals surface area contributed by atoms with Crippen molar-refractivity contribution in [2.75, 3.05) is 0 Å². The van der Waals surface area contributed by atoms with Gasteiger partial charge in [0.15, 0.2) is 0 Å². The van der Waals surface area contributed by atoms with Crippen LogP contribution in [0, 0.1) is 11.3 Å². The zero-order valence-corrected chi connectivity index (χ0v) is 11.6. The van der Waals surface area contributed by atoms with E-state index >= 15 is 0 Å². The molecule has 2 nitrogen and oxygen atoms in total. The molecule has 0 atom stereocenters. The predicted molar refractivity (Wildman–Crippen MR) is 77.5 cm³/mol. The number of rotatable bonds is 1. The Balaban J connectivity index is 2.24. The molecular formula is C14H7BrN2S. The van der Waals surface area contributed by atoms with E-state index in [4.69, 9.17) is 5.26 Å². The lowest BCUT2D eigenvalue weighted by molar-refractivity contribution is 1.38. The Morgan fingerprint density at radius 2 is 2.00 bits per heavy atom. The molecule has 0 radical (unpaired) electrons. The van der Waals surface area contributed by atoms with E-state index in [-0.39, 0.29) is 0 Å². The maximum atomic E-state index is 8.99. The smallest absolute Gasteiger partial charge is 0.125 e. The lowest BCUT2D eigenvalue weighted by Gasteiger charge is -1.94. The van der Waals surface area contributed by atoms with Crippen LogP contribution in [0.2, 0.25) is 0 Å². The number of hydrogen-bond donors (Lipinski definition) is 0. The SMILES string of the molecule is N#Cc1cnc2sc(-c3ccccc3)cc2c1Br. The van der Waals surface area contributed by atoms with Crippen LogP contribution < -0.4 is 0 Å². The fourth-order valence-corrected chi connectivity index (χ4v) is 3.42. The first-order valence-electron chi connectivity index (χ1n) is 5.33. The van der Waals surface area contributed by atoms with Crippen molar-refractivity contribution in [3.63, 3.8) is 0 Å². The molecule has 3 aromatic rings. The van der Waals surface area contributed by atoms with Gasteiger partial charge < -0.3 is 0 Å². The van der Waals surface area contributed by atoms with Crippen molar-refractivity contribution >= 4 is 37.5 Å². The van der Waals surface area contributed by atoms with Crippen LogP contribution in [0.1, 0.15) is 5.56 Å². The fourth-order valence-electron chi connectivity index (χ4n) is 1.78. The van der Waals surface area contributed by atoms with Crippen LogP contribution in [0.4, 0.5) is 0 Å². The maximum absolute atomic E-state index is 8.99. The Hall–Kier alpha value is -1.70. The summed E-state index contributed by atoms with van der Waals surface area (Å²) in [5, 5.41) is 9.98. The molecule has 0 aliphatic heterocycles. The third-order valence-corrected chi connectivity index (χ3v) is 4.62. The predicted octanol–water partition coefficient (Wildman–Crippen LogP) is 4.60. The Bertz CT molecular complexity index is 757. The number of fused-ring (bicyclic) bond motifs is 1. The Labute approximate surface area is 117 Å². The van der Waals surface area contributed by atoms with Crippen LogP contribution in [0.3, 0.4) is 0 Å². The molecule has 0 aliphatic carbocycles. The normalized spacial score (nSPS) is 10.4. The Morgan fingerprint density at radius 3 is 2.72 bits per heavy atom. The first-order chi connectivity index (χ1) is 8.79. The first-order valence-corrected chi connectivity index (χ1v) is 6.94. The van der Waals surface area contributed by atoms with Crippen molar-refractivity contribution in [2.45, 2.75) is 0 Å². The van der Waals surface area contributed by atoms with E-state index in [9.17, 15) is 0 Å². The van der Waals surface area contributed by atoms with Gasteiger partial charge in [0.1, 0.15) is 10.9 Å². The van der Waals surface area contributed by atoms with Gasteiger partial charge in [0.25, 0.3) is 0 Å². The number of thiophene rings is 1. The third kappa shape index (κ3) is 1.82. The summed E-state index contributed by atoms with van der Waals surface area (Å²) in [4.78, 5) is 6.43. The molecule has 2 heterocycles. The highest BCUT2D eigenvalue weighted by Crippen LogP contribution is 2.36. The van der Waals surface area contributed by atoms with E-state index < -0.39 is 0 Å². The summed E-state index contributed by atoms with van der Waals surface area (Å²) >= 11 is 5.11. The van der Waals surface area contributed by atoms with E-state index in [1.165, 1.54) is 5.56 Å². The van der Waals surface area contributed by atoms with Gasteiger partial charge in [-0.2, -0.15) is 5.26 Å². The van der Waals surface area contributed by atoms with Gasteiger partial charge in [-0.05, 0) is 27.6 Å². The average Bonchev–Trinajstić information content (AvgIpc) is 2.85. The molecule has 86 valence electrons. The molecule has 1 aromatic carbocycles. The number of benzene rings is 1. The number of pyridine rings is 1. The zero-order chi connectivity index (χ0) is 12.5. The Kier molecular flexibility index (Phi) is 2.86. The molecular weight excluding hydrogens is 308 g/mol. The first kappa shape index (κ1) is 11.4. The van der Waals surface area contributed by atoms with Crippen LogP contribution in [-0.2, 0) is 0 Å². The summed E-state index contributed by atoms with van der Waals surface area (Å²) in [6.07, 6.45) is 1.61. The molecule has 0 bridgehead atoms. The molecule has 18 heavy (non-hydrogen) atoms. The second-order valence-electron chi connectivity index (χ2n) is 3.79. The molecule has 0 spiro atoms. The van der Waals surface area contributed by atoms with E-state index in [1.54, 1.807) is 17.5 Å². The molecule has 0 aliphatic rings. The standard InChI is InChI=1S/C14H7BrN2S/c15-13-10(7-16)8-17-14-11(13)6-12(18-14)9-4-2-1-3-5-9/h1-6,8H. The van der Waals surface area contributed by atoms with Crippen molar-refractivity contribution in [2.24, 2.45) is 0 Å². The van der Waals surface area contributed by atoms with Crippen LogP contribution in [-0.4, -0.2) is 4.98 Å². The zero-order valence-electron chi connectivity index (χ0n) is 9.22. The minimum Gasteiger partial charge on any atom is -0.244 e. The summed E-state index contributed by atoms with van der Waals surface area (Å²) in [6, 6.07) is 14.4. The molecule has 4 heteroatoms. The summed E-state index contributed by atoms with van der Waals surface area (Å²) in [7, 11) is 0. The van der Waals surface area contributed by atoms with E-state index in [2.05, 4.69) is 45.2 Å². The summed E-state index contributed by atoms with van der Waals surface area (Å²) in [5.41, 5.74) is 1.74. The van der Waals surface area contributed by atoms with Crippen LogP contribution in [0.5, 0.6) is 0 Å². The van der Waals surface area contributed by atoms with Crippen molar-refractivity contribution in [3.05, 3.63) is 52.6 Å². The van der Waals surface area contributed by atoms with Gasteiger partial charge in [-0.3, -0.25) is 0 Å². The molecule has 0 amide bonds. The highest BCUT2D eigenvalue weighted by atomic mass is 79.9. The highest BCUT2D eigenvalue weighted by Gasteiger charge is 2.10. The number of nitrogens with zero attached hydrogens (tertiary/aromatic N) is 2. The summed E-state index contributed by atoms with van der Waals surface area (Å²) in [5.74, 6) is 0. The van der Waals surface area contributed by atoms with Gasteiger partial charge in [-0.1, -0.05) is 30.3 Å². The molecule has 3 rings (SSSR count). The molecule has 0 N–H and O–H groups in total. The topological polar surface area (TPSA) is 36.7 Å². The minimum atomic E-state index is 0.569. The number of nitriles is 1. The summed E-state index contributed by atoms with van der Waals surface area (Å²) < 4.78 is 0.827.